The Morgan fingerprint density at radius 1 is 1.29 bits per heavy atom. The van der Waals surface area contributed by atoms with E-state index in [9.17, 15) is 0 Å². The average Bonchev–Trinajstić information content (AvgIpc) is 3.07. The van der Waals surface area contributed by atoms with E-state index in [1.807, 2.05) is 12.1 Å². The second-order valence-corrected chi connectivity index (χ2v) is 6.45. The van der Waals surface area contributed by atoms with Gasteiger partial charge in [0.1, 0.15) is 11.9 Å². The van der Waals surface area contributed by atoms with Crippen molar-refractivity contribution < 1.29 is 4.74 Å². The van der Waals surface area contributed by atoms with E-state index in [4.69, 9.17) is 4.74 Å². The zero-order valence-electron chi connectivity index (χ0n) is 11.8. The second-order valence-electron chi connectivity index (χ2n) is 5.42. The third-order valence-corrected chi connectivity index (χ3v) is 4.73. The highest BCUT2D eigenvalue weighted by atomic mass is 32.1. The van der Waals surface area contributed by atoms with Gasteiger partial charge in [-0.25, -0.2) is 4.98 Å². The molecule has 106 valence electrons. The van der Waals surface area contributed by atoms with Crippen molar-refractivity contribution in [1.82, 2.24) is 4.98 Å². The summed E-state index contributed by atoms with van der Waals surface area (Å²) in [6, 6.07) is 14.6. The van der Waals surface area contributed by atoms with Gasteiger partial charge in [-0.15, -0.1) is 0 Å². The van der Waals surface area contributed by atoms with Crippen LogP contribution in [0.5, 0.6) is 5.75 Å². The number of thiazole rings is 1. The molecular weight excluding hydrogens is 280 g/mol. The normalized spacial score (nSPS) is 16.7. The van der Waals surface area contributed by atoms with Crippen molar-refractivity contribution in [3.8, 4) is 5.75 Å². The highest BCUT2D eigenvalue weighted by Crippen LogP contribution is 2.30. The van der Waals surface area contributed by atoms with Gasteiger partial charge in [-0.1, -0.05) is 35.6 Å². The van der Waals surface area contributed by atoms with Crippen LogP contribution in [0.4, 0.5) is 5.13 Å². The summed E-state index contributed by atoms with van der Waals surface area (Å²) in [6.07, 6.45) is 1.16. The van der Waals surface area contributed by atoms with Crippen molar-refractivity contribution in [2.24, 2.45) is 0 Å². The SMILES string of the molecule is Cc1ccc2sc(NCC3Cc4ccccc4O3)nc2c1. The summed E-state index contributed by atoms with van der Waals surface area (Å²) >= 11 is 1.70. The Kier molecular flexibility index (Phi) is 3.04. The Bertz CT molecular complexity index is 771. The third-order valence-electron chi connectivity index (χ3n) is 3.74. The Labute approximate surface area is 127 Å². The molecule has 2 aromatic carbocycles. The van der Waals surface area contributed by atoms with Crippen LogP contribution in [-0.2, 0) is 6.42 Å². The first-order chi connectivity index (χ1) is 10.3. The number of benzene rings is 2. The predicted octanol–water partition coefficient (Wildman–Crippen LogP) is 4.02. The molecule has 0 spiro atoms. The molecule has 0 saturated carbocycles. The van der Waals surface area contributed by atoms with Crippen molar-refractivity contribution in [1.29, 1.82) is 0 Å². The lowest BCUT2D eigenvalue weighted by atomic mass is 10.1. The average molecular weight is 296 g/mol. The number of fused-ring (bicyclic) bond motifs is 2. The summed E-state index contributed by atoms with van der Waals surface area (Å²) in [4.78, 5) is 4.64. The molecule has 4 rings (SSSR count). The maximum Gasteiger partial charge on any atom is 0.183 e. The predicted molar refractivity (Wildman–Crippen MR) is 87.4 cm³/mol. The summed E-state index contributed by atoms with van der Waals surface area (Å²) in [6.45, 7) is 2.88. The number of hydrogen-bond acceptors (Lipinski definition) is 4. The van der Waals surface area contributed by atoms with E-state index in [1.165, 1.54) is 15.8 Å². The summed E-state index contributed by atoms with van der Waals surface area (Å²) in [5, 5.41) is 4.38. The molecule has 1 unspecified atom stereocenters. The van der Waals surface area contributed by atoms with Crippen LogP contribution in [-0.4, -0.2) is 17.6 Å². The Morgan fingerprint density at radius 2 is 2.19 bits per heavy atom. The molecule has 3 aromatic rings. The van der Waals surface area contributed by atoms with Gasteiger partial charge in [0.25, 0.3) is 0 Å². The molecule has 0 aliphatic carbocycles. The highest BCUT2D eigenvalue weighted by Gasteiger charge is 2.22. The minimum atomic E-state index is 0.191. The van der Waals surface area contributed by atoms with E-state index < -0.39 is 0 Å². The molecule has 1 aliphatic heterocycles. The molecule has 0 bridgehead atoms. The van der Waals surface area contributed by atoms with Crippen LogP contribution in [0.1, 0.15) is 11.1 Å². The summed E-state index contributed by atoms with van der Waals surface area (Å²) in [5.74, 6) is 1.02. The second kappa shape index (κ2) is 5.04. The Balaban J connectivity index is 1.45. The maximum atomic E-state index is 5.94. The van der Waals surface area contributed by atoms with Gasteiger partial charge in [0.2, 0.25) is 0 Å². The molecule has 1 aliphatic rings. The zero-order chi connectivity index (χ0) is 14.2. The van der Waals surface area contributed by atoms with Gasteiger partial charge in [0.05, 0.1) is 16.8 Å². The number of aromatic nitrogens is 1. The van der Waals surface area contributed by atoms with Gasteiger partial charge in [0.15, 0.2) is 5.13 Å². The molecule has 0 radical (unpaired) electrons. The molecule has 21 heavy (non-hydrogen) atoms. The molecule has 1 aromatic heterocycles. The summed E-state index contributed by atoms with van der Waals surface area (Å²) in [5.41, 5.74) is 3.61. The standard InChI is InChI=1S/C17H16N2OS/c1-11-6-7-16-14(8-11)19-17(21-16)18-10-13-9-12-4-2-3-5-15(12)20-13/h2-8,13H,9-10H2,1H3,(H,18,19). The number of hydrogen-bond donors (Lipinski definition) is 1. The van der Waals surface area contributed by atoms with Gasteiger partial charge in [0, 0.05) is 6.42 Å². The molecule has 3 nitrogen and oxygen atoms in total. The number of anilines is 1. The zero-order valence-corrected chi connectivity index (χ0v) is 12.6. The largest absolute Gasteiger partial charge is 0.488 e. The summed E-state index contributed by atoms with van der Waals surface area (Å²) < 4.78 is 7.16. The topological polar surface area (TPSA) is 34.1 Å². The molecule has 2 heterocycles. The third kappa shape index (κ3) is 2.47. The minimum absolute atomic E-state index is 0.191. The lowest BCUT2D eigenvalue weighted by Crippen LogP contribution is -2.23. The van der Waals surface area contributed by atoms with Gasteiger partial charge in [-0.05, 0) is 36.2 Å². The van der Waals surface area contributed by atoms with Crippen LogP contribution in [0.25, 0.3) is 10.2 Å². The van der Waals surface area contributed by atoms with Crippen LogP contribution < -0.4 is 10.1 Å². The van der Waals surface area contributed by atoms with Crippen LogP contribution in [0, 0.1) is 6.92 Å². The molecular formula is C17H16N2OS. The van der Waals surface area contributed by atoms with Crippen molar-refractivity contribution in [2.45, 2.75) is 19.4 Å². The van der Waals surface area contributed by atoms with Crippen LogP contribution in [0.15, 0.2) is 42.5 Å². The quantitative estimate of drug-likeness (QED) is 0.792. The van der Waals surface area contributed by atoms with Crippen LogP contribution in [0.2, 0.25) is 0 Å². The number of aryl methyl sites for hydroxylation is 1. The van der Waals surface area contributed by atoms with Gasteiger partial charge in [-0.3, -0.25) is 0 Å². The fraction of sp³-hybridized carbons (Fsp3) is 0.235. The van der Waals surface area contributed by atoms with E-state index >= 15 is 0 Å². The number of nitrogens with one attached hydrogen (secondary N) is 1. The lowest BCUT2D eigenvalue weighted by Gasteiger charge is -2.10. The molecule has 0 amide bonds. The maximum absolute atomic E-state index is 5.94. The monoisotopic (exact) mass is 296 g/mol. The fourth-order valence-corrected chi connectivity index (χ4v) is 3.54. The van der Waals surface area contributed by atoms with Gasteiger partial charge < -0.3 is 10.1 Å². The van der Waals surface area contributed by atoms with E-state index in [2.05, 4.69) is 47.6 Å². The van der Waals surface area contributed by atoms with E-state index in [-0.39, 0.29) is 6.10 Å². The van der Waals surface area contributed by atoms with Crippen molar-refractivity contribution in [3.05, 3.63) is 53.6 Å². The van der Waals surface area contributed by atoms with Crippen molar-refractivity contribution in [3.63, 3.8) is 0 Å². The molecule has 0 fully saturated rings. The molecule has 0 saturated heterocycles. The smallest absolute Gasteiger partial charge is 0.183 e. The first kappa shape index (κ1) is 12.7. The molecule has 1 N–H and O–H groups in total. The van der Waals surface area contributed by atoms with Crippen LogP contribution in [0.3, 0.4) is 0 Å². The highest BCUT2D eigenvalue weighted by molar-refractivity contribution is 7.22. The van der Waals surface area contributed by atoms with E-state index in [1.54, 1.807) is 11.3 Å². The lowest BCUT2D eigenvalue weighted by molar-refractivity contribution is 0.246. The van der Waals surface area contributed by atoms with Gasteiger partial charge in [-0.2, -0.15) is 0 Å². The number of rotatable bonds is 3. The number of nitrogens with zero attached hydrogens (tertiary/aromatic N) is 1. The number of ether oxygens (including phenoxy) is 1. The first-order valence-corrected chi connectivity index (χ1v) is 7.95. The van der Waals surface area contributed by atoms with E-state index in [0.29, 0.717) is 0 Å². The summed E-state index contributed by atoms with van der Waals surface area (Å²) in [7, 11) is 0. The van der Waals surface area contributed by atoms with Gasteiger partial charge >= 0.3 is 0 Å². The Hall–Kier alpha value is -2.07. The minimum Gasteiger partial charge on any atom is -0.488 e. The Morgan fingerprint density at radius 3 is 3.10 bits per heavy atom. The fourth-order valence-electron chi connectivity index (χ4n) is 2.68. The van der Waals surface area contributed by atoms with Crippen molar-refractivity contribution >= 4 is 26.7 Å². The molecule has 4 heteroatoms. The van der Waals surface area contributed by atoms with Crippen molar-refractivity contribution in [2.75, 3.05) is 11.9 Å². The van der Waals surface area contributed by atoms with Crippen LogP contribution >= 0.6 is 11.3 Å². The first-order valence-electron chi connectivity index (χ1n) is 7.13. The number of para-hydroxylation sites is 1. The van der Waals surface area contributed by atoms with E-state index in [0.717, 1.165) is 29.4 Å². The molecule has 1 atom stereocenters.